The third kappa shape index (κ3) is 7.16. The van der Waals surface area contributed by atoms with Crippen LogP contribution in [-0.4, -0.2) is 44.3 Å². The zero-order chi connectivity index (χ0) is 17.6. The highest BCUT2D eigenvalue weighted by molar-refractivity contribution is 5.99. The van der Waals surface area contributed by atoms with E-state index < -0.39 is 30.6 Å². The topological polar surface area (TPSA) is 93.4 Å². The molecule has 136 valence electrons. The molecular weight excluding hydrogens is 351 g/mol. The van der Waals surface area contributed by atoms with Crippen LogP contribution in [-0.2, 0) is 9.53 Å². The fourth-order valence-corrected chi connectivity index (χ4v) is 1.66. The molecule has 0 bridgehead atoms. The van der Waals surface area contributed by atoms with Crippen molar-refractivity contribution in [3.05, 3.63) is 29.3 Å². The van der Waals surface area contributed by atoms with E-state index in [1.54, 1.807) is 12.2 Å². The summed E-state index contributed by atoms with van der Waals surface area (Å²) in [6.07, 6.45) is -4.50. The van der Waals surface area contributed by atoms with Gasteiger partial charge in [-0.3, -0.25) is 9.59 Å². The Balaban J connectivity index is 0.00000529. The average molecular weight is 370 g/mol. The van der Waals surface area contributed by atoms with Crippen LogP contribution in [0.25, 0.3) is 0 Å². The van der Waals surface area contributed by atoms with E-state index in [-0.39, 0.29) is 24.6 Å². The molecule has 0 fully saturated rings. The van der Waals surface area contributed by atoms with Crippen LogP contribution in [0.15, 0.2) is 18.2 Å². The Morgan fingerprint density at radius 2 is 1.96 bits per heavy atom. The van der Waals surface area contributed by atoms with Crippen LogP contribution in [0.4, 0.5) is 18.9 Å². The molecule has 2 amide bonds. The highest BCUT2D eigenvalue weighted by Gasteiger charge is 2.28. The first-order chi connectivity index (χ1) is 10.6. The van der Waals surface area contributed by atoms with Gasteiger partial charge in [0.1, 0.15) is 12.6 Å². The number of carbonyl (C=O) groups is 2. The summed E-state index contributed by atoms with van der Waals surface area (Å²) in [6.45, 7) is 0.256. The van der Waals surface area contributed by atoms with Gasteiger partial charge in [0.25, 0.3) is 5.91 Å². The normalized spacial score (nSPS) is 12.1. The number of hydrogen-bond acceptors (Lipinski definition) is 4. The second-order valence-electron chi connectivity index (χ2n) is 4.88. The molecule has 0 aliphatic heterocycles. The van der Waals surface area contributed by atoms with Crippen LogP contribution in [0.3, 0.4) is 0 Å². The van der Waals surface area contributed by atoms with Crippen molar-refractivity contribution in [2.24, 2.45) is 5.73 Å². The second kappa shape index (κ2) is 9.45. The molecule has 24 heavy (non-hydrogen) atoms. The summed E-state index contributed by atoms with van der Waals surface area (Å²) >= 11 is 0. The van der Waals surface area contributed by atoms with Crippen molar-refractivity contribution in [1.29, 1.82) is 0 Å². The second-order valence-corrected chi connectivity index (χ2v) is 4.88. The molecule has 6 nitrogen and oxygen atoms in total. The number of benzene rings is 1. The number of ether oxygens (including phenoxy) is 1. The lowest BCUT2D eigenvalue weighted by atomic mass is 10.1. The van der Waals surface area contributed by atoms with E-state index in [4.69, 9.17) is 10.5 Å². The van der Waals surface area contributed by atoms with Gasteiger partial charge in [-0.2, -0.15) is 13.2 Å². The standard InChI is InChI=1S/C14H18F3N3O3.ClH/c1-8-3-4-9(12(21)19-7-14(15,16)17)5-11(8)20-13(22)10(18)6-23-2;/h3-5,10H,6-7,18H2,1-2H3,(H,19,21)(H,20,22);1H. The lowest BCUT2D eigenvalue weighted by molar-refractivity contribution is -0.123. The smallest absolute Gasteiger partial charge is 0.383 e. The highest BCUT2D eigenvalue weighted by atomic mass is 35.5. The summed E-state index contributed by atoms with van der Waals surface area (Å²) in [5.74, 6) is -1.41. The molecule has 1 aromatic carbocycles. The fourth-order valence-electron chi connectivity index (χ4n) is 1.66. The van der Waals surface area contributed by atoms with Crippen molar-refractivity contribution in [1.82, 2.24) is 5.32 Å². The first-order valence-electron chi connectivity index (χ1n) is 6.65. The van der Waals surface area contributed by atoms with E-state index in [2.05, 4.69) is 5.32 Å². The molecule has 0 saturated carbocycles. The van der Waals surface area contributed by atoms with Crippen molar-refractivity contribution in [3.8, 4) is 0 Å². The largest absolute Gasteiger partial charge is 0.405 e. The van der Waals surface area contributed by atoms with E-state index in [1.165, 1.54) is 25.3 Å². The summed E-state index contributed by atoms with van der Waals surface area (Å²) in [4.78, 5) is 23.5. The molecular formula is C14H19ClF3N3O3. The molecule has 1 atom stereocenters. The van der Waals surface area contributed by atoms with Gasteiger partial charge < -0.3 is 21.1 Å². The van der Waals surface area contributed by atoms with E-state index in [0.29, 0.717) is 11.3 Å². The van der Waals surface area contributed by atoms with Gasteiger partial charge in [-0.25, -0.2) is 0 Å². The number of hydrogen-bond donors (Lipinski definition) is 3. The molecule has 0 aliphatic rings. The van der Waals surface area contributed by atoms with Gasteiger partial charge >= 0.3 is 6.18 Å². The Morgan fingerprint density at radius 3 is 2.50 bits per heavy atom. The monoisotopic (exact) mass is 369 g/mol. The Labute approximate surface area is 143 Å². The molecule has 4 N–H and O–H groups in total. The average Bonchev–Trinajstić information content (AvgIpc) is 2.46. The lowest BCUT2D eigenvalue weighted by Gasteiger charge is -2.14. The van der Waals surface area contributed by atoms with Gasteiger partial charge in [-0.1, -0.05) is 6.07 Å². The summed E-state index contributed by atoms with van der Waals surface area (Å²) in [7, 11) is 1.39. The lowest BCUT2D eigenvalue weighted by Crippen LogP contribution is -2.39. The molecule has 0 spiro atoms. The third-order valence-corrected chi connectivity index (χ3v) is 2.89. The maximum absolute atomic E-state index is 12.1. The zero-order valence-corrected chi connectivity index (χ0v) is 13.9. The number of carbonyl (C=O) groups excluding carboxylic acids is 2. The van der Waals surface area contributed by atoms with Crippen molar-refractivity contribution in [3.63, 3.8) is 0 Å². The summed E-state index contributed by atoms with van der Waals surface area (Å²) in [6, 6.07) is 3.27. The van der Waals surface area contributed by atoms with E-state index in [0.717, 1.165) is 0 Å². The van der Waals surface area contributed by atoms with Crippen molar-refractivity contribution < 1.29 is 27.5 Å². The van der Waals surface area contributed by atoms with E-state index >= 15 is 0 Å². The number of nitrogens with two attached hydrogens (primary N) is 1. The number of rotatable bonds is 6. The number of aryl methyl sites for hydroxylation is 1. The first kappa shape index (κ1) is 22.2. The third-order valence-electron chi connectivity index (χ3n) is 2.89. The fraction of sp³-hybridized carbons (Fsp3) is 0.429. The molecule has 1 rings (SSSR count). The predicted molar refractivity (Wildman–Crippen MR) is 85.3 cm³/mol. The highest BCUT2D eigenvalue weighted by Crippen LogP contribution is 2.18. The minimum absolute atomic E-state index is 0. The van der Waals surface area contributed by atoms with Crippen molar-refractivity contribution in [2.75, 3.05) is 25.6 Å². The summed E-state index contributed by atoms with van der Waals surface area (Å²) in [5, 5.41) is 4.28. The van der Waals surface area contributed by atoms with Gasteiger partial charge in [0.15, 0.2) is 0 Å². The predicted octanol–water partition coefficient (Wildman–Crippen LogP) is 1.62. The molecule has 10 heteroatoms. The SMILES string of the molecule is COCC(N)C(=O)Nc1cc(C(=O)NCC(F)(F)F)ccc1C.Cl. The van der Waals surface area contributed by atoms with Gasteiger partial charge in [0.05, 0.1) is 6.61 Å². The van der Waals surface area contributed by atoms with Crippen LogP contribution in [0.1, 0.15) is 15.9 Å². The number of halogens is 4. The van der Waals surface area contributed by atoms with Gasteiger partial charge in [0, 0.05) is 18.4 Å². The Hall–Kier alpha value is -1.84. The number of alkyl halides is 3. The minimum Gasteiger partial charge on any atom is -0.383 e. The molecule has 0 heterocycles. The van der Waals surface area contributed by atoms with Crippen molar-refractivity contribution >= 4 is 29.9 Å². The Kier molecular flexibility index (Phi) is 8.73. The van der Waals surface area contributed by atoms with Crippen LogP contribution < -0.4 is 16.4 Å². The van der Waals surface area contributed by atoms with Gasteiger partial charge in [0.2, 0.25) is 5.91 Å². The summed E-state index contributed by atoms with van der Waals surface area (Å²) in [5.41, 5.74) is 6.50. The van der Waals surface area contributed by atoms with Crippen LogP contribution in [0.2, 0.25) is 0 Å². The summed E-state index contributed by atoms with van der Waals surface area (Å²) < 4.78 is 41.1. The molecule has 0 saturated heterocycles. The number of nitrogens with one attached hydrogen (secondary N) is 2. The minimum atomic E-state index is -4.50. The van der Waals surface area contributed by atoms with E-state index in [9.17, 15) is 22.8 Å². The quantitative estimate of drug-likeness (QED) is 0.710. The molecule has 1 unspecified atom stereocenters. The number of methoxy groups -OCH3 is 1. The number of amides is 2. The molecule has 0 aliphatic carbocycles. The molecule has 1 aromatic rings. The van der Waals surface area contributed by atoms with E-state index in [1.807, 2.05) is 0 Å². The maximum atomic E-state index is 12.1. The Bertz CT molecular complexity index is 582. The van der Waals surface area contributed by atoms with Gasteiger partial charge in [-0.05, 0) is 24.6 Å². The number of anilines is 1. The Morgan fingerprint density at radius 1 is 1.33 bits per heavy atom. The van der Waals surface area contributed by atoms with Crippen molar-refractivity contribution in [2.45, 2.75) is 19.1 Å². The molecule has 0 aromatic heterocycles. The molecule has 0 radical (unpaired) electrons. The van der Waals surface area contributed by atoms with Crippen LogP contribution in [0, 0.1) is 6.92 Å². The van der Waals surface area contributed by atoms with Crippen LogP contribution >= 0.6 is 12.4 Å². The van der Waals surface area contributed by atoms with Gasteiger partial charge in [-0.15, -0.1) is 12.4 Å². The first-order valence-corrected chi connectivity index (χ1v) is 6.65. The maximum Gasteiger partial charge on any atom is 0.405 e. The van der Waals surface area contributed by atoms with Crippen LogP contribution in [0.5, 0.6) is 0 Å². The zero-order valence-electron chi connectivity index (χ0n) is 13.1.